The fourth-order valence-corrected chi connectivity index (χ4v) is 2.38. The molecular weight excluding hydrogens is 360 g/mol. The van der Waals surface area contributed by atoms with E-state index in [1.807, 2.05) is 19.1 Å². The van der Waals surface area contributed by atoms with Crippen molar-refractivity contribution in [3.8, 4) is 0 Å². The number of hydrogen-bond donors (Lipinski definition) is 1. The van der Waals surface area contributed by atoms with Gasteiger partial charge in [-0.1, -0.05) is 15.9 Å². The van der Waals surface area contributed by atoms with Crippen molar-refractivity contribution in [2.24, 2.45) is 0 Å². The lowest BCUT2D eigenvalue weighted by Crippen LogP contribution is -2.13. The summed E-state index contributed by atoms with van der Waals surface area (Å²) >= 11 is 6.67. The molecule has 2 rings (SSSR count). The average Bonchev–Trinajstić information content (AvgIpc) is 2.32. The molecule has 1 aromatic carbocycles. The summed E-state index contributed by atoms with van der Waals surface area (Å²) in [5.41, 5.74) is 2.22. The fraction of sp³-hybridized carbons (Fsp3) is 0.0769. The second-order valence-corrected chi connectivity index (χ2v) is 5.42. The Morgan fingerprint density at radius 2 is 2.06 bits per heavy atom. The third kappa shape index (κ3) is 2.97. The molecule has 0 aliphatic rings. The summed E-state index contributed by atoms with van der Waals surface area (Å²) in [5.74, 6) is -0.145. The van der Waals surface area contributed by atoms with Crippen molar-refractivity contribution in [2.75, 3.05) is 5.32 Å². The van der Waals surface area contributed by atoms with Gasteiger partial charge in [0.15, 0.2) is 0 Å². The monoisotopic (exact) mass is 368 g/mol. The molecule has 0 radical (unpaired) electrons. The van der Waals surface area contributed by atoms with Crippen LogP contribution in [0.25, 0.3) is 0 Å². The van der Waals surface area contributed by atoms with Gasteiger partial charge in [-0.05, 0) is 58.7 Å². The smallest absolute Gasteiger partial charge is 0.256 e. The molecule has 92 valence electrons. The van der Waals surface area contributed by atoms with Crippen LogP contribution in [0.1, 0.15) is 15.9 Å². The Kier molecular flexibility index (Phi) is 4.14. The molecule has 0 bridgehead atoms. The van der Waals surface area contributed by atoms with Crippen molar-refractivity contribution < 1.29 is 4.79 Å². The average molecular weight is 370 g/mol. The summed E-state index contributed by atoms with van der Waals surface area (Å²) in [6.07, 6.45) is 1.66. The van der Waals surface area contributed by atoms with Crippen LogP contribution in [0.2, 0.25) is 0 Å². The van der Waals surface area contributed by atoms with Crippen LogP contribution in [-0.2, 0) is 0 Å². The maximum Gasteiger partial charge on any atom is 0.256 e. The van der Waals surface area contributed by atoms with E-state index in [0.29, 0.717) is 15.9 Å². The van der Waals surface area contributed by atoms with Crippen molar-refractivity contribution in [3.63, 3.8) is 0 Å². The molecule has 0 saturated carbocycles. The van der Waals surface area contributed by atoms with Gasteiger partial charge in [0.05, 0.1) is 5.69 Å². The summed E-state index contributed by atoms with van der Waals surface area (Å²) in [4.78, 5) is 16.2. The number of pyridine rings is 1. The highest BCUT2D eigenvalue weighted by Crippen LogP contribution is 2.21. The van der Waals surface area contributed by atoms with Gasteiger partial charge in [-0.25, -0.2) is 4.98 Å². The molecule has 1 amide bonds. The van der Waals surface area contributed by atoms with Crippen molar-refractivity contribution in [3.05, 3.63) is 56.7 Å². The molecule has 0 unspecified atom stereocenters. The number of halogens is 2. The Balaban J connectivity index is 2.25. The van der Waals surface area contributed by atoms with Gasteiger partial charge in [-0.2, -0.15) is 0 Å². The molecule has 0 aliphatic heterocycles. The van der Waals surface area contributed by atoms with Crippen molar-refractivity contribution >= 4 is 43.5 Å². The molecule has 3 nitrogen and oxygen atoms in total. The number of carbonyl (C=O) groups excluding carboxylic acids is 1. The number of hydrogen-bond acceptors (Lipinski definition) is 2. The van der Waals surface area contributed by atoms with Gasteiger partial charge in [0.25, 0.3) is 5.91 Å². The molecule has 5 heteroatoms. The number of benzene rings is 1. The second kappa shape index (κ2) is 5.63. The maximum atomic E-state index is 12.1. The number of carbonyl (C=O) groups is 1. The summed E-state index contributed by atoms with van der Waals surface area (Å²) in [5, 5.41) is 2.82. The van der Waals surface area contributed by atoms with Crippen LogP contribution in [0.5, 0.6) is 0 Å². The highest BCUT2D eigenvalue weighted by Gasteiger charge is 2.11. The Morgan fingerprint density at radius 3 is 2.72 bits per heavy atom. The van der Waals surface area contributed by atoms with Crippen molar-refractivity contribution in [2.45, 2.75) is 6.92 Å². The zero-order valence-corrected chi connectivity index (χ0v) is 12.7. The SMILES string of the molecule is Cc1cc(Br)ccc1C(=O)Nc1cccnc1Br. The first kappa shape index (κ1) is 13.2. The Hall–Kier alpha value is -1.20. The number of nitrogens with zero attached hydrogens (tertiary/aromatic N) is 1. The summed E-state index contributed by atoms with van der Waals surface area (Å²) in [6.45, 7) is 1.90. The minimum absolute atomic E-state index is 0.145. The highest BCUT2D eigenvalue weighted by molar-refractivity contribution is 9.10. The van der Waals surface area contributed by atoms with E-state index < -0.39 is 0 Å². The standard InChI is InChI=1S/C13H10Br2N2O/c1-8-7-9(14)4-5-10(8)13(18)17-11-3-2-6-16-12(11)15/h2-7H,1H3,(H,17,18). The Bertz CT molecular complexity index is 599. The molecule has 0 spiro atoms. The zero-order chi connectivity index (χ0) is 13.1. The number of amides is 1. The lowest BCUT2D eigenvalue weighted by Gasteiger charge is -2.08. The van der Waals surface area contributed by atoms with E-state index in [1.54, 1.807) is 24.4 Å². The Labute approximate surface area is 122 Å². The lowest BCUT2D eigenvalue weighted by atomic mass is 10.1. The molecular formula is C13H10Br2N2O. The quantitative estimate of drug-likeness (QED) is 0.807. The van der Waals surface area contributed by atoms with Crippen LogP contribution in [0.3, 0.4) is 0 Å². The van der Waals surface area contributed by atoms with Crippen LogP contribution < -0.4 is 5.32 Å². The van der Waals surface area contributed by atoms with Gasteiger partial charge in [-0.3, -0.25) is 4.79 Å². The highest BCUT2D eigenvalue weighted by atomic mass is 79.9. The van der Waals surface area contributed by atoms with Crippen LogP contribution in [0, 0.1) is 6.92 Å². The van der Waals surface area contributed by atoms with Crippen molar-refractivity contribution in [1.82, 2.24) is 4.98 Å². The van der Waals surface area contributed by atoms with E-state index in [-0.39, 0.29) is 5.91 Å². The molecule has 0 fully saturated rings. The number of aryl methyl sites for hydroxylation is 1. The number of nitrogens with one attached hydrogen (secondary N) is 1. The zero-order valence-electron chi connectivity index (χ0n) is 9.58. The van der Waals surface area contributed by atoms with Crippen LogP contribution in [-0.4, -0.2) is 10.9 Å². The van der Waals surface area contributed by atoms with Gasteiger partial charge >= 0.3 is 0 Å². The predicted molar refractivity (Wildman–Crippen MR) is 78.8 cm³/mol. The number of anilines is 1. The molecule has 1 aromatic heterocycles. The molecule has 18 heavy (non-hydrogen) atoms. The van der Waals surface area contributed by atoms with E-state index in [9.17, 15) is 4.79 Å². The third-order valence-corrected chi connectivity index (χ3v) is 3.57. The minimum Gasteiger partial charge on any atom is -0.320 e. The second-order valence-electron chi connectivity index (χ2n) is 3.76. The first-order valence-electron chi connectivity index (χ1n) is 5.26. The molecule has 0 atom stereocenters. The van der Waals surface area contributed by atoms with Gasteiger partial charge in [0, 0.05) is 16.2 Å². The maximum absolute atomic E-state index is 12.1. The minimum atomic E-state index is -0.145. The van der Waals surface area contributed by atoms with Gasteiger partial charge in [-0.15, -0.1) is 0 Å². The van der Waals surface area contributed by atoms with Crippen LogP contribution in [0.4, 0.5) is 5.69 Å². The molecule has 0 saturated heterocycles. The summed E-state index contributed by atoms with van der Waals surface area (Å²) in [6, 6.07) is 9.12. The van der Waals surface area contributed by atoms with E-state index in [4.69, 9.17) is 0 Å². The molecule has 0 aliphatic carbocycles. The molecule has 1 N–H and O–H groups in total. The van der Waals surface area contributed by atoms with Gasteiger partial charge < -0.3 is 5.32 Å². The fourth-order valence-electron chi connectivity index (χ4n) is 1.55. The van der Waals surface area contributed by atoms with E-state index in [0.717, 1.165) is 10.0 Å². The first-order valence-corrected chi connectivity index (χ1v) is 6.84. The predicted octanol–water partition coefficient (Wildman–Crippen LogP) is 4.17. The first-order chi connectivity index (χ1) is 8.58. The number of aromatic nitrogens is 1. The van der Waals surface area contributed by atoms with Gasteiger partial charge in [0.2, 0.25) is 0 Å². The van der Waals surface area contributed by atoms with E-state index in [2.05, 4.69) is 42.2 Å². The summed E-state index contributed by atoms with van der Waals surface area (Å²) < 4.78 is 1.58. The number of rotatable bonds is 2. The van der Waals surface area contributed by atoms with E-state index in [1.165, 1.54) is 0 Å². The topological polar surface area (TPSA) is 42.0 Å². The lowest BCUT2D eigenvalue weighted by molar-refractivity contribution is 0.102. The normalized spacial score (nSPS) is 10.2. The Morgan fingerprint density at radius 1 is 1.28 bits per heavy atom. The van der Waals surface area contributed by atoms with Crippen molar-refractivity contribution in [1.29, 1.82) is 0 Å². The van der Waals surface area contributed by atoms with E-state index >= 15 is 0 Å². The molecule has 2 aromatic rings. The molecule has 1 heterocycles. The van der Waals surface area contributed by atoms with Crippen LogP contribution >= 0.6 is 31.9 Å². The largest absolute Gasteiger partial charge is 0.320 e. The van der Waals surface area contributed by atoms with Crippen LogP contribution in [0.15, 0.2) is 45.6 Å². The van der Waals surface area contributed by atoms with Gasteiger partial charge in [0.1, 0.15) is 4.60 Å². The third-order valence-electron chi connectivity index (χ3n) is 2.44. The summed E-state index contributed by atoms with van der Waals surface area (Å²) in [7, 11) is 0.